The fraction of sp³-hybridized carbons (Fsp3) is 0.250. The number of anilines is 1. The molecule has 2 aromatic rings. The highest BCUT2D eigenvalue weighted by atomic mass is 32.1. The Balaban J connectivity index is 2.00. The molecule has 29 heavy (non-hydrogen) atoms. The lowest BCUT2D eigenvalue weighted by Gasteiger charge is -2.11. The monoisotopic (exact) mass is 419 g/mol. The van der Waals surface area contributed by atoms with E-state index in [4.69, 9.17) is 14.2 Å². The Labute approximate surface area is 172 Å². The van der Waals surface area contributed by atoms with Crippen LogP contribution in [-0.4, -0.2) is 45.3 Å². The van der Waals surface area contributed by atoms with Gasteiger partial charge in [0.2, 0.25) is 0 Å². The predicted octanol–water partition coefficient (Wildman–Crippen LogP) is 3.14. The number of hydrogen-bond acceptors (Lipinski definition) is 8. The number of amides is 1. The zero-order chi connectivity index (χ0) is 21.2. The van der Waals surface area contributed by atoms with Crippen molar-refractivity contribution in [3.8, 4) is 11.5 Å². The smallest absolute Gasteiger partial charge is 0.341 e. The molecule has 1 N–H and O–H groups in total. The van der Waals surface area contributed by atoms with Gasteiger partial charge in [-0.3, -0.25) is 4.79 Å². The molecule has 1 aromatic heterocycles. The van der Waals surface area contributed by atoms with E-state index in [9.17, 15) is 14.4 Å². The SMILES string of the molecule is CCOC(=O)c1ccsc1NC(=O)COc1ccc(/C=C/C(=O)OC)cc1OC. The molecule has 0 saturated carbocycles. The number of rotatable bonds is 9. The largest absolute Gasteiger partial charge is 0.493 e. The van der Waals surface area contributed by atoms with Crippen LogP contribution in [0.15, 0.2) is 35.7 Å². The second kappa shape index (κ2) is 10.9. The summed E-state index contributed by atoms with van der Waals surface area (Å²) in [6, 6.07) is 6.57. The molecular weight excluding hydrogens is 398 g/mol. The van der Waals surface area contributed by atoms with E-state index in [0.717, 1.165) is 0 Å². The average molecular weight is 419 g/mol. The lowest BCUT2D eigenvalue weighted by molar-refractivity contribution is -0.134. The molecule has 0 spiro atoms. The highest BCUT2D eigenvalue weighted by Crippen LogP contribution is 2.29. The highest BCUT2D eigenvalue weighted by Gasteiger charge is 2.16. The molecule has 1 aromatic carbocycles. The molecule has 0 atom stereocenters. The molecule has 0 aliphatic carbocycles. The first-order valence-corrected chi connectivity index (χ1v) is 9.47. The van der Waals surface area contributed by atoms with E-state index in [1.807, 2.05) is 0 Å². The second-order valence-electron chi connectivity index (χ2n) is 5.49. The normalized spacial score (nSPS) is 10.4. The summed E-state index contributed by atoms with van der Waals surface area (Å²) in [5, 5.41) is 4.72. The van der Waals surface area contributed by atoms with Crippen LogP contribution in [0.5, 0.6) is 11.5 Å². The summed E-state index contributed by atoms with van der Waals surface area (Å²) < 4.78 is 20.3. The molecule has 154 valence electrons. The number of esters is 2. The Morgan fingerprint density at radius 3 is 2.62 bits per heavy atom. The predicted molar refractivity (Wildman–Crippen MR) is 108 cm³/mol. The topological polar surface area (TPSA) is 100 Å². The Bertz CT molecular complexity index is 904. The molecule has 8 nitrogen and oxygen atoms in total. The number of carbonyl (C=O) groups is 3. The van der Waals surface area contributed by atoms with Crippen LogP contribution in [0.3, 0.4) is 0 Å². The van der Waals surface area contributed by atoms with Crippen molar-refractivity contribution in [1.29, 1.82) is 0 Å². The summed E-state index contributed by atoms with van der Waals surface area (Å²) in [4.78, 5) is 35.3. The number of nitrogens with one attached hydrogen (secondary N) is 1. The zero-order valence-corrected chi connectivity index (χ0v) is 17.0. The molecule has 1 heterocycles. The number of hydrogen-bond donors (Lipinski definition) is 1. The van der Waals surface area contributed by atoms with Crippen LogP contribution in [0.4, 0.5) is 5.00 Å². The summed E-state index contributed by atoms with van der Waals surface area (Å²) in [6.45, 7) is 1.67. The van der Waals surface area contributed by atoms with E-state index in [0.29, 0.717) is 27.6 Å². The number of ether oxygens (including phenoxy) is 4. The van der Waals surface area contributed by atoms with Crippen LogP contribution in [0.2, 0.25) is 0 Å². The lowest BCUT2D eigenvalue weighted by Crippen LogP contribution is -2.21. The van der Waals surface area contributed by atoms with E-state index in [1.165, 1.54) is 31.6 Å². The molecule has 0 saturated heterocycles. The van der Waals surface area contributed by atoms with Gasteiger partial charge in [-0.1, -0.05) is 6.07 Å². The Morgan fingerprint density at radius 2 is 1.93 bits per heavy atom. The zero-order valence-electron chi connectivity index (χ0n) is 16.2. The number of carbonyl (C=O) groups excluding carboxylic acids is 3. The van der Waals surface area contributed by atoms with Gasteiger partial charge in [-0.15, -0.1) is 11.3 Å². The van der Waals surface area contributed by atoms with Gasteiger partial charge in [0.1, 0.15) is 5.00 Å². The molecule has 0 aliphatic rings. The van der Waals surface area contributed by atoms with Crippen molar-refractivity contribution in [3.05, 3.63) is 46.8 Å². The van der Waals surface area contributed by atoms with E-state index in [-0.39, 0.29) is 13.2 Å². The van der Waals surface area contributed by atoms with Crippen molar-refractivity contribution in [3.63, 3.8) is 0 Å². The summed E-state index contributed by atoms with van der Waals surface area (Å²) >= 11 is 1.21. The second-order valence-corrected chi connectivity index (χ2v) is 6.40. The summed E-state index contributed by atoms with van der Waals surface area (Å²) in [5.41, 5.74) is 0.992. The van der Waals surface area contributed by atoms with Gasteiger partial charge in [0, 0.05) is 6.08 Å². The molecule has 1 amide bonds. The Morgan fingerprint density at radius 1 is 1.14 bits per heavy atom. The summed E-state index contributed by atoms with van der Waals surface area (Å²) in [5.74, 6) is -0.656. The number of thiophene rings is 1. The van der Waals surface area contributed by atoms with Crippen LogP contribution in [-0.2, 0) is 19.1 Å². The minimum Gasteiger partial charge on any atom is -0.493 e. The Kier molecular flexibility index (Phi) is 8.23. The minimum atomic E-state index is -0.498. The molecule has 0 bridgehead atoms. The third-order valence-corrected chi connectivity index (χ3v) is 4.40. The van der Waals surface area contributed by atoms with E-state index >= 15 is 0 Å². The number of methoxy groups -OCH3 is 2. The third kappa shape index (κ3) is 6.35. The van der Waals surface area contributed by atoms with Crippen molar-refractivity contribution in [2.24, 2.45) is 0 Å². The Hall–Kier alpha value is -3.33. The molecule has 2 rings (SSSR count). The quantitative estimate of drug-likeness (QED) is 0.492. The van der Waals surface area contributed by atoms with Gasteiger partial charge in [-0.25, -0.2) is 9.59 Å². The first-order valence-electron chi connectivity index (χ1n) is 8.59. The van der Waals surface area contributed by atoms with Crippen LogP contribution in [0.25, 0.3) is 6.08 Å². The van der Waals surface area contributed by atoms with Crippen molar-refractivity contribution in [2.75, 3.05) is 32.8 Å². The van der Waals surface area contributed by atoms with E-state index in [2.05, 4.69) is 10.1 Å². The third-order valence-electron chi connectivity index (χ3n) is 3.57. The van der Waals surface area contributed by atoms with Gasteiger partial charge in [0.15, 0.2) is 18.1 Å². The van der Waals surface area contributed by atoms with Crippen molar-refractivity contribution >= 4 is 40.3 Å². The van der Waals surface area contributed by atoms with Gasteiger partial charge in [-0.05, 0) is 42.1 Å². The fourth-order valence-electron chi connectivity index (χ4n) is 2.22. The molecular formula is C20H21NO7S. The van der Waals surface area contributed by atoms with Crippen molar-refractivity contribution in [1.82, 2.24) is 0 Å². The summed E-state index contributed by atoms with van der Waals surface area (Å²) in [6.07, 6.45) is 2.85. The maximum Gasteiger partial charge on any atom is 0.341 e. The maximum absolute atomic E-state index is 12.2. The van der Waals surface area contributed by atoms with Gasteiger partial charge < -0.3 is 24.3 Å². The average Bonchev–Trinajstić information content (AvgIpc) is 3.18. The minimum absolute atomic E-state index is 0.246. The van der Waals surface area contributed by atoms with Gasteiger partial charge in [0.05, 0.1) is 26.4 Å². The lowest BCUT2D eigenvalue weighted by atomic mass is 10.2. The first kappa shape index (κ1) is 22.0. The molecule has 0 fully saturated rings. The fourth-order valence-corrected chi connectivity index (χ4v) is 3.01. The first-order chi connectivity index (χ1) is 14.0. The number of benzene rings is 1. The van der Waals surface area contributed by atoms with Gasteiger partial charge >= 0.3 is 11.9 Å². The van der Waals surface area contributed by atoms with Crippen LogP contribution < -0.4 is 14.8 Å². The molecule has 9 heteroatoms. The van der Waals surface area contributed by atoms with E-state index in [1.54, 1.807) is 42.6 Å². The molecule has 0 aliphatic heterocycles. The van der Waals surface area contributed by atoms with Crippen LogP contribution in [0.1, 0.15) is 22.8 Å². The van der Waals surface area contributed by atoms with Gasteiger partial charge in [0.25, 0.3) is 5.91 Å². The standard InChI is InChI=1S/C20H21NO7S/c1-4-27-20(24)14-9-10-29-19(14)21-17(22)12-28-15-7-5-13(11-16(15)25-2)6-8-18(23)26-3/h5-11H,4,12H2,1-3H3,(H,21,22)/b8-6+. The van der Waals surface area contributed by atoms with Crippen LogP contribution in [0, 0.1) is 0 Å². The van der Waals surface area contributed by atoms with Crippen molar-refractivity contribution < 1.29 is 33.3 Å². The van der Waals surface area contributed by atoms with Gasteiger partial charge in [-0.2, -0.15) is 0 Å². The molecule has 0 unspecified atom stereocenters. The summed E-state index contributed by atoms with van der Waals surface area (Å²) in [7, 11) is 2.76. The van der Waals surface area contributed by atoms with Crippen molar-refractivity contribution in [2.45, 2.75) is 6.92 Å². The van der Waals surface area contributed by atoms with Crippen LogP contribution >= 0.6 is 11.3 Å². The highest BCUT2D eigenvalue weighted by molar-refractivity contribution is 7.14. The van der Waals surface area contributed by atoms with E-state index < -0.39 is 17.8 Å². The maximum atomic E-state index is 12.2. The molecule has 0 radical (unpaired) electrons.